The van der Waals surface area contributed by atoms with Crippen molar-refractivity contribution >= 4 is 23.2 Å². The largest absolute Gasteiger partial charge is 0.328 e. The number of nitrogens with zero attached hydrogens (tertiary/aromatic N) is 2. The second-order valence-electron chi connectivity index (χ2n) is 5.05. The summed E-state index contributed by atoms with van der Waals surface area (Å²) in [7, 11) is 2.11. The molecule has 0 amide bonds. The van der Waals surface area contributed by atoms with Crippen LogP contribution in [0.4, 0.5) is 0 Å². The Morgan fingerprint density at radius 1 is 1.28 bits per heavy atom. The van der Waals surface area contributed by atoms with E-state index in [4.69, 9.17) is 28.9 Å². The van der Waals surface area contributed by atoms with Crippen molar-refractivity contribution in [2.45, 2.75) is 44.3 Å². The number of hydrogen-bond donors (Lipinski definition) is 1. The van der Waals surface area contributed by atoms with E-state index in [1.165, 1.54) is 0 Å². The summed E-state index contributed by atoms with van der Waals surface area (Å²) in [5.74, 6) is 0. The molecule has 1 saturated carbocycles. The van der Waals surface area contributed by atoms with Gasteiger partial charge in [0.05, 0.1) is 10.7 Å². The maximum Gasteiger partial charge on any atom is 0.129 e. The van der Waals surface area contributed by atoms with Gasteiger partial charge in [-0.15, -0.1) is 0 Å². The molecule has 1 fully saturated rings. The van der Waals surface area contributed by atoms with E-state index in [1.807, 2.05) is 0 Å². The molecule has 0 spiro atoms. The van der Waals surface area contributed by atoms with Gasteiger partial charge in [-0.25, -0.2) is 4.98 Å². The summed E-state index contributed by atoms with van der Waals surface area (Å²) >= 11 is 12.0. The van der Waals surface area contributed by atoms with Gasteiger partial charge in [-0.05, 0) is 44.9 Å². The number of hydrogen-bond acceptors (Lipinski definition) is 3. The number of pyridine rings is 1. The fourth-order valence-electron chi connectivity index (χ4n) is 2.48. The maximum absolute atomic E-state index is 6.13. The van der Waals surface area contributed by atoms with Gasteiger partial charge < -0.3 is 5.73 Å². The molecule has 1 aromatic heterocycles. The van der Waals surface area contributed by atoms with E-state index < -0.39 is 0 Å². The zero-order valence-electron chi connectivity index (χ0n) is 10.6. The van der Waals surface area contributed by atoms with Crippen molar-refractivity contribution in [3.63, 3.8) is 0 Å². The van der Waals surface area contributed by atoms with Crippen LogP contribution in [-0.4, -0.2) is 29.0 Å². The number of aromatic nitrogens is 1. The Labute approximate surface area is 118 Å². The third kappa shape index (κ3) is 3.58. The zero-order valence-corrected chi connectivity index (χ0v) is 12.1. The molecule has 5 heteroatoms. The van der Waals surface area contributed by atoms with Crippen LogP contribution in [0.15, 0.2) is 12.1 Å². The summed E-state index contributed by atoms with van der Waals surface area (Å²) in [5.41, 5.74) is 6.77. The first-order valence-corrected chi connectivity index (χ1v) is 7.08. The molecule has 18 heavy (non-hydrogen) atoms. The van der Waals surface area contributed by atoms with Gasteiger partial charge in [0.15, 0.2) is 0 Å². The number of rotatable bonds is 3. The van der Waals surface area contributed by atoms with Crippen molar-refractivity contribution in [3.05, 3.63) is 28.0 Å². The second kappa shape index (κ2) is 6.20. The summed E-state index contributed by atoms with van der Waals surface area (Å²) < 4.78 is 0. The lowest BCUT2D eigenvalue weighted by Crippen LogP contribution is -2.38. The Hall–Kier alpha value is -0.350. The molecule has 1 heterocycles. The van der Waals surface area contributed by atoms with Gasteiger partial charge in [0, 0.05) is 18.6 Å². The SMILES string of the molecule is CN(Cc1nc(Cl)ccc1Cl)C1CCC(N)CC1. The van der Waals surface area contributed by atoms with Crippen LogP contribution in [0.5, 0.6) is 0 Å². The van der Waals surface area contributed by atoms with Gasteiger partial charge >= 0.3 is 0 Å². The highest BCUT2D eigenvalue weighted by molar-refractivity contribution is 6.32. The summed E-state index contributed by atoms with van der Waals surface area (Å²) in [4.78, 5) is 6.59. The van der Waals surface area contributed by atoms with Crippen molar-refractivity contribution in [1.29, 1.82) is 0 Å². The minimum atomic E-state index is 0.377. The molecular weight excluding hydrogens is 269 g/mol. The van der Waals surface area contributed by atoms with Crippen LogP contribution >= 0.6 is 23.2 Å². The first kappa shape index (κ1) is 14.1. The molecule has 1 aromatic rings. The van der Waals surface area contributed by atoms with E-state index in [1.54, 1.807) is 12.1 Å². The van der Waals surface area contributed by atoms with E-state index in [0.29, 0.717) is 22.3 Å². The third-order valence-electron chi connectivity index (χ3n) is 3.65. The fraction of sp³-hybridized carbons (Fsp3) is 0.615. The highest BCUT2D eigenvalue weighted by Crippen LogP contribution is 2.24. The van der Waals surface area contributed by atoms with Gasteiger partial charge in [-0.3, -0.25) is 4.90 Å². The van der Waals surface area contributed by atoms with E-state index in [2.05, 4.69) is 16.9 Å². The Morgan fingerprint density at radius 2 is 1.94 bits per heavy atom. The van der Waals surface area contributed by atoms with Gasteiger partial charge in [-0.2, -0.15) is 0 Å². The highest BCUT2D eigenvalue weighted by Gasteiger charge is 2.22. The van der Waals surface area contributed by atoms with Crippen LogP contribution < -0.4 is 5.73 Å². The third-order valence-corrected chi connectivity index (χ3v) is 4.20. The maximum atomic E-state index is 6.13. The topological polar surface area (TPSA) is 42.2 Å². The average molecular weight is 288 g/mol. The molecule has 100 valence electrons. The smallest absolute Gasteiger partial charge is 0.129 e. The molecule has 0 radical (unpaired) electrons. The van der Waals surface area contributed by atoms with E-state index in [0.717, 1.165) is 37.9 Å². The summed E-state index contributed by atoms with van der Waals surface area (Å²) in [5, 5.41) is 1.17. The predicted octanol–water partition coefficient (Wildman–Crippen LogP) is 3.09. The van der Waals surface area contributed by atoms with Crippen molar-refractivity contribution in [1.82, 2.24) is 9.88 Å². The normalized spacial score (nSPS) is 24.5. The lowest BCUT2D eigenvalue weighted by molar-refractivity contribution is 0.174. The minimum Gasteiger partial charge on any atom is -0.328 e. The molecule has 0 saturated heterocycles. The van der Waals surface area contributed by atoms with Crippen molar-refractivity contribution in [2.75, 3.05) is 7.05 Å². The molecule has 0 aliphatic heterocycles. The van der Waals surface area contributed by atoms with Crippen LogP contribution in [0, 0.1) is 0 Å². The van der Waals surface area contributed by atoms with E-state index in [9.17, 15) is 0 Å². The minimum absolute atomic E-state index is 0.377. The molecule has 2 N–H and O–H groups in total. The fourth-order valence-corrected chi connectivity index (χ4v) is 2.81. The summed E-state index contributed by atoms with van der Waals surface area (Å²) in [6.07, 6.45) is 4.50. The van der Waals surface area contributed by atoms with Crippen LogP contribution in [-0.2, 0) is 6.54 Å². The van der Waals surface area contributed by atoms with Crippen LogP contribution in [0.1, 0.15) is 31.4 Å². The van der Waals surface area contributed by atoms with E-state index in [-0.39, 0.29) is 0 Å². The molecule has 2 rings (SSSR count). The molecule has 0 aromatic carbocycles. The summed E-state index contributed by atoms with van der Waals surface area (Å²) in [6.45, 7) is 0.735. The zero-order chi connectivity index (χ0) is 13.1. The predicted molar refractivity (Wildman–Crippen MR) is 76.0 cm³/mol. The standard InChI is InChI=1S/C13H19Cl2N3/c1-18(10-4-2-9(16)3-5-10)8-12-11(14)6-7-13(15)17-12/h6-7,9-10H,2-5,8,16H2,1H3. The van der Waals surface area contributed by atoms with Gasteiger partial charge in [0.2, 0.25) is 0 Å². The Balaban J connectivity index is 1.98. The molecule has 0 unspecified atom stereocenters. The monoisotopic (exact) mass is 287 g/mol. The quantitative estimate of drug-likeness (QED) is 0.869. The second-order valence-corrected chi connectivity index (χ2v) is 5.84. The average Bonchev–Trinajstić information content (AvgIpc) is 2.34. The van der Waals surface area contributed by atoms with Crippen LogP contribution in [0.3, 0.4) is 0 Å². The van der Waals surface area contributed by atoms with Gasteiger partial charge in [-0.1, -0.05) is 23.2 Å². The van der Waals surface area contributed by atoms with Crippen LogP contribution in [0.25, 0.3) is 0 Å². The summed E-state index contributed by atoms with van der Waals surface area (Å²) in [6, 6.07) is 4.47. The first-order chi connectivity index (χ1) is 8.56. The highest BCUT2D eigenvalue weighted by atomic mass is 35.5. The Kier molecular flexibility index (Phi) is 4.84. The number of halogens is 2. The Bertz CT molecular complexity index is 403. The van der Waals surface area contributed by atoms with E-state index >= 15 is 0 Å². The molecule has 1 aliphatic carbocycles. The van der Waals surface area contributed by atoms with Crippen molar-refractivity contribution < 1.29 is 0 Å². The molecule has 1 aliphatic rings. The van der Waals surface area contributed by atoms with Crippen molar-refractivity contribution in [3.8, 4) is 0 Å². The molecule has 0 atom stereocenters. The molecular formula is C13H19Cl2N3. The van der Waals surface area contributed by atoms with Crippen LogP contribution in [0.2, 0.25) is 10.2 Å². The molecule has 3 nitrogen and oxygen atoms in total. The van der Waals surface area contributed by atoms with Gasteiger partial charge in [0.1, 0.15) is 5.15 Å². The lowest BCUT2D eigenvalue weighted by atomic mass is 9.91. The first-order valence-electron chi connectivity index (χ1n) is 6.33. The van der Waals surface area contributed by atoms with Crippen molar-refractivity contribution in [2.24, 2.45) is 5.73 Å². The van der Waals surface area contributed by atoms with Gasteiger partial charge in [0.25, 0.3) is 0 Å². The lowest BCUT2D eigenvalue weighted by Gasteiger charge is -2.33. The number of nitrogens with two attached hydrogens (primary N) is 1. The molecule has 0 bridgehead atoms. The Morgan fingerprint density at radius 3 is 2.61 bits per heavy atom.